The number of hydrogen-bond acceptors (Lipinski definition) is 3. The highest BCUT2D eigenvalue weighted by atomic mass is 35.5. The molecule has 1 atom stereocenters. The maximum Gasteiger partial charge on any atom is 0.573 e. The number of alkyl halides is 3. The number of hydrogen-bond donors (Lipinski definition) is 1. The van der Waals surface area contributed by atoms with E-state index in [0.29, 0.717) is 39.2 Å². The monoisotopic (exact) mass is 529 g/mol. The van der Waals surface area contributed by atoms with Crippen molar-refractivity contribution in [3.63, 3.8) is 0 Å². The SMILES string of the molecule is Cc1c(C(=O)c2ccc(Cl)cc2)c2ccc(OC(F)(F)F)cc2n1Cc1cccc(CC(C)C(=O)O)c1. The molecule has 4 aromatic rings. The molecule has 0 fully saturated rings. The average molecular weight is 530 g/mol. The third kappa shape index (κ3) is 5.97. The van der Waals surface area contributed by atoms with Crippen LogP contribution in [0.1, 0.15) is 39.7 Å². The predicted molar refractivity (Wildman–Crippen MR) is 134 cm³/mol. The molecule has 9 heteroatoms. The molecule has 192 valence electrons. The Bertz CT molecular complexity index is 1480. The Hall–Kier alpha value is -3.78. The van der Waals surface area contributed by atoms with E-state index in [0.717, 1.165) is 11.1 Å². The summed E-state index contributed by atoms with van der Waals surface area (Å²) < 4.78 is 44.7. The molecular weight excluding hydrogens is 507 g/mol. The Morgan fingerprint density at radius 2 is 1.70 bits per heavy atom. The number of carbonyl (C=O) groups excluding carboxylic acids is 1. The minimum atomic E-state index is -4.86. The second kappa shape index (κ2) is 10.3. The third-order valence-corrected chi connectivity index (χ3v) is 6.41. The number of fused-ring (bicyclic) bond motifs is 1. The summed E-state index contributed by atoms with van der Waals surface area (Å²) in [5, 5.41) is 10.2. The van der Waals surface area contributed by atoms with Gasteiger partial charge in [-0.1, -0.05) is 42.8 Å². The van der Waals surface area contributed by atoms with E-state index in [2.05, 4.69) is 4.74 Å². The van der Waals surface area contributed by atoms with Gasteiger partial charge < -0.3 is 14.4 Å². The lowest BCUT2D eigenvalue weighted by atomic mass is 9.99. The summed E-state index contributed by atoms with van der Waals surface area (Å²) in [4.78, 5) is 24.8. The summed E-state index contributed by atoms with van der Waals surface area (Å²) in [6, 6.07) is 17.6. The van der Waals surface area contributed by atoms with Crippen molar-refractivity contribution in [1.82, 2.24) is 4.57 Å². The van der Waals surface area contributed by atoms with Gasteiger partial charge in [-0.2, -0.15) is 0 Å². The minimum absolute atomic E-state index is 0.251. The number of halogens is 4. The lowest BCUT2D eigenvalue weighted by molar-refractivity contribution is -0.274. The van der Waals surface area contributed by atoms with Crippen LogP contribution in [0.15, 0.2) is 66.7 Å². The zero-order valence-electron chi connectivity index (χ0n) is 20.0. The molecule has 0 saturated heterocycles. The smallest absolute Gasteiger partial charge is 0.481 e. The van der Waals surface area contributed by atoms with E-state index in [1.54, 1.807) is 48.7 Å². The largest absolute Gasteiger partial charge is 0.573 e. The zero-order valence-corrected chi connectivity index (χ0v) is 20.7. The summed E-state index contributed by atoms with van der Waals surface area (Å²) in [6.45, 7) is 3.61. The molecule has 37 heavy (non-hydrogen) atoms. The van der Waals surface area contributed by atoms with Crippen LogP contribution in [0.25, 0.3) is 10.9 Å². The molecule has 1 unspecified atom stereocenters. The van der Waals surface area contributed by atoms with Crippen molar-refractivity contribution in [3.8, 4) is 5.75 Å². The fourth-order valence-corrected chi connectivity index (χ4v) is 4.49. The van der Waals surface area contributed by atoms with E-state index >= 15 is 0 Å². The molecule has 1 N–H and O–H groups in total. The maximum atomic E-state index is 13.5. The Kier molecular flexibility index (Phi) is 7.32. The van der Waals surface area contributed by atoms with E-state index in [1.165, 1.54) is 18.2 Å². The number of aliphatic carboxylic acids is 1. The van der Waals surface area contributed by atoms with E-state index in [4.69, 9.17) is 11.6 Å². The first-order chi connectivity index (χ1) is 17.4. The fourth-order valence-electron chi connectivity index (χ4n) is 4.37. The van der Waals surface area contributed by atoms with E-state index in [9.17, 15) is 27.9 Å². The highest BCUT2D eigenvalue weighted by Gasteiger charge is 2.31. The molecule has 3 aromatic carbocycles. The molecule has 1 aromatic heterocycles. The van der Waals surface area contributed by atoms with Gasteiger partial charge in [0.05, 0.1) is 17.0 Å². The molecular formula is C28H23ClF3NO4. The number of carboxylic acid groups (broad SMARTS) is 1. The lowest BCUT2D eigenvalue weighted by Gasteiger charge is -2.13. The normalized spacial score (nSPS) is 12.5. The van der Waals surface area contributed by atoms with Gasteiger partial charge in [0.1, 0.15) is 5.75 Å². The summed E-state index contributed by atoms with van der Waals surface area (Å²) >= 11 is 5.96. The van der Waals surface area contributed by atoms with Crippen molar-refractivity contribution in [2.75, 3.05) is 0 Å². The second-order valence-electron chi connectivity index (χ2n) is 8.87. The minimum Gasteiger partial charge on any atom is -0.481 e. The van der Waals surface area contributed by atoms with Crippen LogP contribution in [0.3, 0.4) is 0 Å². The first kappa shape index (κ1) is 26.3. The Labute approximate surface area is 216 Å². The molecule has 0 aliphatic heterocycles. The van der Waals surface area contributed by atoms with Crippen LogP contribution in [-0.4, -0.2) is 27.8 Å². The van der Waals surface area contributed by atoms with Gasteiger partial charge in [-0.15, -0.1) is 13.2 Å². The van der Waals surface area contributed by atoms with Gasteiger partial charge in [-0.05, 0) is 60.9 Å². The van der Waals surface area contributed by atoms with Crippen LogP contribution in [0.5, 0.6) is 5.75 Å². The highest BCUT2D eigenvalue weighted by Crippen LogP contribution is 2.33. The van der Waals surface area contributed by atoms with E-state index < -0.39 is 24.0 Å². The van der Waals surface area contributed by atoms with Crippen LogP contribution in [-0.2, 0) is 17.8 Å². The Morgan fingerprint density at radius 1 is 1.03 bits per heavy atom. The maximum absolute atomic E-state index is 13.5. The molecule has 1 heterocycles. The molecule has 0 aliphatic carbocycles. The topological polar surface area (TPSA) is 68.5 Å². The second-order valence-corrected chi connectivity index (χ2v) is 9.31. The Morgan fingerprint density at radius 3 is 2.35 bits per heavy atom. The first-order valence-electron chi connectivity index (χ1n) is 11.4. The number of nitrogens with zero attached hydrogens (tertiary/aromatic N) is 1. The van der Waals surface area contributed by atoms with Gasteiger partial charge in [-0.25, -0.2) is 0 Å². The molecule has 0 amide bonds. The summed E-state index contributed by atoms with van der Waals surface area (Å²) in [6.07, 6.45) is -4.53. The predicted octanol–water partition coefficient (Wildman–Crippen LogP) is 7.04. The molecule has 4 rings (SSSR count). The van der Waals surface area contributed by atoms with Crippen molar-refractivity contribution in [2.24, 2.45) is 5.92 Å². The molecule has 0 bridgehead atoms. The third-order valence-electron chi connectivity index (χ3n) is 6.16. The highest BCUT2D eigenvalue weighted by molar-refractivity contribution is 6.30. The molecule has 5 nitrogen and oxygen atoms in total. The van der Waals surface area contributed by atoms with Crippen LogP contribution in [0, 0.1) is 12.8 Å². The van der Waals surface area contributed by atoms with Crippen LogP contribution >= 0.6 is 11.6 Å². The fraction of sp³-hybridized carbons (Fsp3) is 0.214. The zero-order chi connectivity index (χ0) is 26.9. The van der Waals surface area contributed by atoms with E-state index in [1.807, 2.05) is 18.2 Å². The lowest BCUT2D eigenvalue weighted by Crippen LogP contribution is -2.17. The molecule has 0 radical (unpaired) electrons. The van der Waals surface area contributed by atoms with Gasteiger partial charge in [0.2, 0.25) is 0 Å². The van der Waals surface area contributed by atoms with Crippen LogP contribution in [0.2, 0.25) is 5.02 Å². The summed E-state index contributed by atoms with van der Waals surface area (Å²) in [7, 11) is 0. The van der Waals surface area contributed by atoms with Crippen LogP contribution in [0.4, 0.5) is 13.2 Å². The number of benzene rings is 3. The molecule has 0 saturated carbocycles. The van der Waals surface area contributed by atoms with Crippen molar-refractivity contribution >= 4 is 34.3 Å². The quantitative estimate of drug-likeness (QED) is 0.248. The summed E-state index contributed by atoms with van der Waals surface area (Å²) in [5.41, 5.74) is 3.37. The number of rotatable bonds is 8. The van der Waals surface area contributed by atoms with Gasteiger partial charge >= 0.3 is 12.3 Å². The molecule has 0 aliphatic rings. The van der Waals surface area contributed by atoms with Gasteiger partial charge in [0, 0.05) is 34.3 Å². The average Bonchev–Trinajstić information content (AvgIpc) is 3.09. The van der Waals surface area contributed by atoms with Crippen LogP contribution < -0.4 is 4.74 Å². The standard InChI is InChI=1S/C28H23ClF3NO4/c1-16(27(35)36)12-18-4-3-5-19(13-18)15-33-17(2)25(26(34)20-6-8-21(29)9-7-20)23-11-10-22(14-24(23)33)37-28(30,31)32/h3-11,13-14,16H,12,15H2,1-2H3,(H,35,36). The van der Waals surface area contributed by atoms with Crippen molar-refractivity contribution < 1.29 is 32.6 Å². The first-order valence-corrected chi connectivity index (χ1v) is 11.8. The number of carboxylic acids is 1. The van der Waals surface area contributed by atoms with Gasteiger partial charge in [0.25, 0.3) is 0 Å². The number of aromatic nitrogens is 1. The number of carbonyl (C=O) groups is 2. The Balaban J connectivity index is 1.81. The summed E-state index contributed by atoms with van der Waals surface area (Å²) in [5.74, 6) is -2.16. The van der Waals surface area contributed by atoms with Gasteiger partial charge in [-0.3, -0.25) is 9.59 Å². The van der Waals surface area contributed by atoms with E-state index in [-0.39, 0.29) is 12.3 Å². The van der Waals surface area contributed by atoms with Gasteiger partial charge in [0.15, 0.2) is 5.78 Å². The number of ketones is 1. The molecule has 0 spiro atoms. The number of ether oxygens (including phenoxy) is 1. The van der Waals surface area contributed by atoms with Crippen molar-refractivity contribution in [1.29, 1.82) is 0 Å². The van der Waals surface area contributed by atoms with Crippen molar-refractivity contribution in [2.45, 2.75) is 33.2 Å². The van der Waals surface area contributed by atoms with Crippen molar-refractivity contribution in [3.05, 3.63) is 99.7 Å².